The highest BCUT2D eigenvalue weighted by atomic mass is 19.4. The zero-order valence-electron chi connectivity index (χ0n) is 11.0. The smallest absolute Gasteiger partial charge is 0.433 e. The van der Waals surface area contributed by atoms with Gasteiger partial charge in [-0.1, -0.05) is 12.1 Å². The summed E-state index contributed by atoms with van der Waals surface area (Å²) in [7, 11) is 0. The molecular formula is C14H12F4N2O. The van der Waals surface area contributed by atoms with E-state index in [4.69, 9.17) is 10.5 Å². The number of hydrogen-bond donors (Lipinski definition) is 1. The number of benzene rings is 1. The number of nitrogens with two attached hydrogens (primary N) is 1. The fourth-order valence-electron chi connectivity index (χ4n) is 1.62. The van der Waals surface area contributed by atoms with Gasteiger partial charge in [-0.05, 0) is 24.6 Å². The predicted molar refractivity (Wildman–Crippen MR) is 68.3 cm³/mol. The molecule has 112 valence electrons. The van der Waals surface area contributed by atoms with E-state index in [-0.39, 0.29) is 18.2 Å². The Balaban J connectivity index is 2.39. The topological polar surface area (TPSA) is 48.1 Å². The van der Waals surface area contributed by atoms with Crippen LogP contribution in [0, 0.1) is 12.7 Å². The van der Waals surface area contributed by atoms with Crippen molar-refractivity contribution >= 4 is 0 Å². The Morgan fingerprint density at radius 1 is 1.19 bits per heavy atom. The van der Waals surface area contributed by atoms with Crippen LogP contribution in [0.5, 0.6) is 11.6 Å². The second-order valence-corrected chi connectivity index (χ2v) is 4.38. The highest BCUT2D eigenvalue weighted by molar-refractivity contribution is 5.35. The minimum absolute atomic E-state index is 0.0468. The van der Waals surface area contributed by atoms with Crippen LogP contribution < -0.4 is 10.5 Å². The van der Waals surface area contributed by atoms with Gasteiger partial charge in [-0.15, -0.1) is 0 Å². The van der Waals surface area contributed by atoms with E-state index in [1.54, 1.807) is 6.92 Å². The molecule has 1 heterocycles. The number of hydrogen-bond acceptors (Lipinski definition) is 3. The lowest BCUT2D eigenvalue weighted by atomic mass is 10.2. The van der Waals surface area contributed by atoms with Gasteiger partial charge >= 0.3 is 6.18 Å². The Morgan fingerprint density at radius 2 is 1.90 bits per heavy atom. The number of nitrogens with zero attached hydrogens (tertiary/aromatic N) is 1. The molecule has 0 aliphatic heterocycles. The average molecular weight is 300 g/mol. The van der Waals surface area contributed by atoms with Gasteiger partial charge in [0.2, 0.25) is 5.88 Å². The van der Waals surface area contributed by atoms with Crippen LogP contribution in [0.15, 0.2) is 30.3 Å². The van der Waals surface area contributed by atoms with Gasteiger partial charge in [-0.2, -0.15) is 13.2 Å². The lowest BCUT2D eigenvalue weighted by Crippen LogP contribution is -2.10. The van der Waals surface area contributed by atoms with Gasteiger partial charge in [0, 0.05) is 18.2 Å². The summed E-state index contributed by atoms with van der Waals surface area (Å²) in [5, 5.41) is 0. The SMILES string of the molecule is Cc1ccc(Oc2nc(C(F)(F)F)ccc2CN)cc1F. The molecule has 0 fully saturated rings. The molecule has 1 aromatic carbocycles. The van der Waals surface area contributed by atoms with E-state index in [2.05, 4.69) is 4.98 Å². The van der Waals surface area contributed by atoms with Crippen molar-refractivity contribution in [3.63, 3.8) is 0 Å². The highest BCUT2D eigenvalue weighted by Gasteiger charge is 2.33. The van der Waals surface area contributed by atoms with Crippen LogP contribution in [0.25, 0.3) is 0 Å². The summed E-state index contributed by atoms with van der Waals surface area (Å²) in [6, 6.07) is 6.00. The molecule has 2 rings (SSSR count). The summed E-state index contributed by atoms with van der Waals surface area (Å²) >= 11 is 0. The van der Waals surface area contributed by atoms with E-state index in [9.17, 15) is 17.6 Å². The standard InChI is InChI=1S/C14H12F4N2O/c1-8-2-4-10(6-11(8)15)21-13-9(7-19)3-5-12(20-13)14(16,17)18/h2-6H,7,19H2,1H3. The van der Waals surface area contributed by atoms with Crippen LogP contribution in [0.1, 0.15) is 16.8 Å². The molecule has 0 saturated heterocycles. The quantitative estimate of drug-likeness (QED) is 0.877. The second-order valence-electron chi connectivity index (χ2n) is 4.38. The second kappa shape index (κ2) is 5.69. The molecular weight excluding hydrogens is 288 g/mol. The van der Waals surface area contributed by atoms with Crippen molar-refractivity contribution < 1.29 is 22.3 Å². The Labute approximate surface area is 118 Å². The number of alkyl halides is 3. The van der Waals surface area contributed by atoms with Crippen LogP contribution in [0.3, 0.4) is 0 Å². The van der Waals surface area contributed by atoms with Crippen molar-refractivity contribution in [2.45, 2.75) is 19.6 Å². The maximum absolute atomic E-state index is 13.4. The van der Waals surface area contributed by atoms with Gasteiger partial charge in [-0.25, -0.2) is 9.37 Å². The lowest BCUT2D eigenvalue weighted by Gasteiger charge is -2.12. The van der Waals surface area contributed by atoms with Crippen molar-refractivity contribution in [3.05, 3.63) is 53.0 Å². The van der Waals surface area contributed by atoms with Crippen LogP contribution in [-0.4, -0.2) is 4.98 Å². The molecule has 7 heteroatoms. The number of rotatable bonds is 3. The van der Waals surface area contributed by atoms with Crippen LogP contribution in [0.4, 0.5) is 17.6 Å². The molecule has 2 aromatic rings. The van der Waals surface area contributed by atoms with E-state index in [1.807, 2.05) is 0 Å². The minimum atomic E-state index is -4.59. The molecule has 1 aromatic heterocycles. The maximum atomic E-state index is 13.4. The zero-order chi connectivity index (χ0) is 15.6. The third-order valence-electron chi connectivity index (χ3n) is 2.81. The first-order chi connectivity index (χ1) is 9.81. The Morgan fingerprint density at radius 3 is 2.48 bits per heavy atom. The maximum Gasteiger partial charge on any atom is 0.433 e. The number of pyridine rings is 1. The molecule has 0 spiro atoms. The molecule has 0 radical (unpaired) electrons. The Kier molecular flexibility index (Phi) is 4.13. The molecule has 0 atom stereocenters. The highest BCUT2D eigenvalue weighted by Crippen LogP contribution is 2.32. The van der Waals surface area contributed by atoms with Gasteiger partial charge in [0.25, 0.3) is 0 Å². The van der Waals surface area contributed by atoms with E-state index in [0.717, 1.165) is 12.1 Å². The van der Waals surface area contributed by atoms with Crippen LogP contribution >= 0.6 is 0 Å². The van der Waals surface area contributed by atoms with E-state index in [1.165, 1.54) is 18.2 Å². The zero-order valence-corrected chi connectivity index (χ0v) is 11.0. The van der Waals surface area contributed by atoms with Crippen molar-refractivity contribution in [2.24, 2.45) is 5.73 Å². The number of ether oxygens (including phenoxy) is 1. The van der Waals surface area contributed by atoms with Crippen LogP contribution in [-0.2, 0) is 12.7 Å². The Hall–Kier alpha value is -2.15. The largest absolute Gasteiger partial charge is 0.439 e. The summed E-state index contributed by atoms with van der Waals surface area (Å²) < 4.78 is 56.6. The molecule has 0 unspecified atom stereocenters. The van der Waals surface area contributed by atoms with Crippen LogP contribution in [0.2, 0.25) is 0 Å². The average Bonchev–Trinajstić information content (AvgIpc) is 2.42. The number of halogens is 4. The van der Waals surface area contributed by atoms with Gasteiger partial charge in [0.1, 0.15) is 17.3 Å². The molecule has 0 amide bonds. The summed E-state index contributed by atoms with van der Waals surface area (Å²) in [6.45, 7) is 1.52. The van der Waals surface area contributed by atoms with E-state index >= 15 is 0 Å². The fraction of sp³-hybridized carbons (Fsp3) is 0.214. The number of aryl methyl sites for hydroxylation is 1. The van der Waals surface area contributed by atoms with E-state index < -0.39 is 17.7 Å². The first-order valence-electron chi connectivity index (χ1n) is 6.02. The summed E-state index contributed by atoms with van der Waals surface area (Å²) in [5.74, 6) is -0.746. The molecule has 0 aliphatic carbocycles. The molecule has 0 aliphatic rings. The normalized spacial score (nSPS) is 11.5. The monoisotopic (exact) mass is 300 g/mol. The van der Waals surface area contributed by atoms with Crippen molar-refractivity contribution in [2.75, 3.05) is 0 Å². The van der Waals surface area contributed by atoms with Crippen molar-refractivity contribution in [1.82, 2.24) is 4.98 Å². The molecule has 2 N–H and O–H groups in total. The lowest BCUT2D eigenvalue weighted by molar-refractivity contribution is -0.141. The predicted octanol–water partition coefficient (Wildman–Crippen LogP) is 3.80. The Bertz CT molecular complexity index is 656. The van der Waals surface area contributed by atoms with Gasteiger partial charge in [0.15, 0.2) is 0 Å². The van der Waals surface area contributed by atoms with Crippen molar-refractivity contribution in [3.8, 4) is 11.6 Å². The molecule has 0 bridgehead atoms. The fourth-order valence-corrected chi connectivity index (χ4v) is 1.62. The number of aromatic nitrogens is 1. The van der Waals surface area contributed by atoms with Crippen molar-refractivity contribution in [1.29, 1.82) is 0 Å². The van der Waals surface area contributed by atoms with Gasteiger partial charge < -0.3 is 10.5 Å². The molecule has 3 nitrogen and oxygen atoms in total. The first-order valence-corrected chi connectivity index (χ1v) is 6.02. The van der Waals surface area contributed by atoms with E-state index in [0.29, 0.717) is 11.1 Å². The summed E-state index contributed by atoms with van der Waals surface area (Å²) in [5.41, 5.74) is 5.04. The minimum Gasteiger partial charge on any atom is -0.439 e. The summed E-state index contributed by atoms with van der Waals surface area (Å²) in [4.78, 5) is 3.41. The van der Waals surface area contributed by atoms with Gasteiger partial charge in [0.05, 0.1) is 0 Å². The summed E-state index contributed by atoms with van der Waals surface area (Å²) in [6.07, 6.45) is -4.59. The molecule has 0 saturated carbocycles. The molecule has 21 heavy (non-hydrogen) atoms. The third kappa shape index (κ3) is 3.49. The first kappa shape index (κ1) is 15.2. The van der Waals surface area contributed by atoms with Gasteiger partial charge in [-0.3, -0.25) is 0 Å². The third-order valence-corrected chi connectivity index (χ3v) is 2.81.